The summed E-state index contributed by atoms with van der Waals surface area (Å²) in [4.78, 5) is 11.9. The Balaban J connectivity index is 1.77. The van der Waals surface area contributed by atoms with Crippen molar-refractivity contribution in [2.24, 2.45) is 0 Å². The first-order valence-electron chi connectivity index (χ1n) is 7.64. The summed E-state index contributed by atoms with van der Waals surface area (Å²) in [6.45, 7) is 1.04. The summed E-state index contributed by atoms with van der Waals surface area (Å²) in [5.74, 6) is -0.350. The molecular weight excluding hydrogens is 349 g/mol. The number of nitro groups is 1. The lowest BCUT2D eigenvalue weighted by molar-refractivity contribution is -0.385. The van der Waals surface area contributed by atoms with Gasteiger partial charge < -0.3 is 4.90 Å². The van der Waals surface area contributed by atoms with Crippen LogP contribution >= 0.6 is 0 Å². The lowest BCUT2D eigenvalue weighted by atomic mass is 10.2. The zero-order valence-corrected chi connectivity index (χ0v) is 14.0. The molecule has 1 aliphatic rings. The van der Waals surface area contributed by atoms with Crippen LogP contribution in [0.3, 0.4) is 0 Å². The molecule has 0 radical (unpaired) electrons. The molecule has 0 aliphatic carbocycles. The Kier molecular flexibility index (Phi) is 4.69. The van der Waals surface area contributed by atoms with Crippen LogP contribution in [-0.2, 0) is 10.0 Å². The topological polar surface area (TPSA) is 83.8 Å². The summed E-state index contributed by atoms with van der Waals surface area (Å²) < 4.78 is 40.5. The number of para-hydroxylation sites is 1. The van der Waals surface area contributed by atoms with Crippen LogP contribution < -0.4 is 4.90 Å². The van der Waals surface area contributed by atoms with Gasteiger partial charge in [0.2, 0.25) is 10.0 Å². The van der Waals surface area contributed by atoms with Crippen molar-refractivity contribution in [2.75, 3.05) is 31.1 Å². The number of piperazine rings is 1. The van der Waals surface area contributed by atoms with Gasteiger partial charge in [0, 0.05) is 38.3 Å². The molecule has 2 aromatic rings. The van der Waals surface area contributed by atoms with Gasteiger partial charge in [0.15, 0.2) is 0 Å². The quantitative estimate of drug-likeness (QED) is 0.613. The van der Waals surface area contributed by atoms with Gasteiger partial charge in [-0.25, -0.2) is 12.8 Å². The van der Waals surface area contributed by atoms with Crippen molar-refractivity contribution in [3.8, 4) is 0 Å². The van der Waals surface area contributed by atoms with E-state index in [0.29, 0.717) is 18.8 Å². The van der Waals surface area contributed by atoms with Crippen LogP contribution in [0.1, 0.15) is 0 Å². The zero-order chi connectivity index (χ0) is 18.0. The molecule has 0 aromatic heterocycles. The molecule has 1 aliphatic heterocycles. The standard InChI is InChI=1S/C16H16FN3O4S/c17-15-6-1-2-7-16(15)18-8-10-19(11-9-18)25(23,24)14-5-3-4-13(12-14)20(21)22/h1-7,12H,8-11H2. The van der Waals surface area contributed by atoms with E-state index in [1.165, 1.54) is 28.6 Å². The largest absolute Gasteiger partial charge is 0.367 e. The molecule has 0 atom stereocenters. The Hall–Kier alpha value is -2.52. The van der Waals surface area contributed by atoms with Crippen LogP contribution in [0.5, 0.6) is 0 Å². The average Bonchev–Trinajstić information content (AvgIpc) is 2.62. The Morgan fingerprint density at radius 3 is 2.32 bits per heavy atom. The maximum absolute atomic E-state index is 13.9. The monoisotopic (exact) mass is 365 g/mol. The van der Waals surface area contributed by atoms with Crippen molar-refractivity contribution >= 4 is 21.4 Å². The molecule has 1 saturated heterocycles. The van der Waals surface area contributed by atoms with Gasteiger partial charge in [-0.15, -0.1) is 0 Å². The lowest BCUT2D eigenvalue weighted by Gasteiger charge is -2.35. The first-order chi connectivity index (χ1) is 11.9. The SMILES string of the molecule is O=[N+]([O-])c1cccc(S(=O)(=O)N2CCN(c3ccccc3F)CC2)c1. The molecule has 0 saturated carbocycles. The maximum atomic E-state index is 13.9. The number of halogens is 1. The van der Waals surface area contributed by atoms with E-state index >= 15 is 0 Å². The van der Waals surface area contributed by atoms with Crippen LogP contribution in [0.15, 0.2) is 53.4 Å². The van der Waals surface area contributed by atoms with E-state index in [9.17, 15) is 22.9 Å². The molecule has 9 heteroatoms. The third-order valence-electron chi connectivity index (χ3n) is 4.10. The summed E-state index contributed by atoms with van der Waals surface area (Å²) in [5, 5.41) is 10.8. The number of non-ortho nitro benzene ring substituents is 1. The second-order valence-electron chi connectivity index (χ2n) is 5.60. The highest BCUT2D eigenvalue weighted by atomic mass is 32.2. The van der Waals surface area contributed by atoms with E-state index in [0.717, 1.165) is 6.07 Å². The molecule has 25 heavy (non-hydrogen) atoms. The maximum Gasteiger partial charge on any atom is 0.270 e. The predicted molar refractivity (Wildman–Crippen MR) is 90.5 cm³/mol. The Morgan fingerprint density at radius 1 is 1.00 bits per heavy atom. The highest BCUT2D eigenvalue weighted by Gasteiger charge is 2.30. The van der Waals surface area contributed by atoms with Crippen LogP contribution in [0.4, 0.5) is 15.8 Å². The van der Waals surface area contributed by atoms with Gasteiger partial charge in [-0.1, -0.05) is 18.2 Å². The highest BCUT2D eigenvalue weighted by Crippen LogP contribution is 2.24. The molecule has 0 spiro atoms. The van der Waals surface area contributed by atoms with Crippen LogP contribution in [-0.4, -0.2) is 43.8 Å². The summed E-state index contributed by atoms with van der Waals surface area (Å²) >= 11 is 0. The number of anilines is 1. The molecule has 0 bridgehead atoms. The van der Waals surface area contributed by atoms with Gasteiger partial charge in [0.25, 0.3) is 5.69 Å². The predicted octanol–water partition coefficient (Wildman–Crippen LogP) is 2.24. The number of hydrogen-bond donors (Lipinski definition) is 0. The molecule has 0 N–H and O–H groups in total. The third-order valence-corrected chi connectivity index (χ3v) is 5.99. The number of hydrogen-bond acceptors (Lipinski definition) is 5. The van der Waals surface area contributed by atoms with E-state index in [1.807, 2.05) is 0 Å². The second kappa shape index (κ2) is 6.77. The van der Waals surface area contributed by atoms with Crippen LogP contribution in [0, 0.1) is 15.9 Å². The molecule has 1 heterocycles. The lowest BCUT2D eigenvalue weighted by Crippen LogP contribution is -2.48. The van der Waals surface area contributed by atoms with Gasteiger partial charge in [-0.2, -0.15) is 4.31 Å². The third kappa shape index (κ3) is 3.47. The average molecular weight is 365 g/mol. The zero-order valence-electron chi connectivity index (χ0n) is 13.2. The van der Waals surface area contributed by atoms with Crippen molar-refractivity contribution in [3.63, 3.8) is 0 Å². The molecule has 0 unspecified atom stereocenters. The fourth-order valence-electron chi connectivity index (χ4n) is 2.78. The molecule has 0 amide bonds. The number of benzene rings is 2. The minimum absolute atomic E-state index is 0.110. The number of nitrogens with zero attached hydrogens (tertiary/aromatic N) is 3. The molecule has 132 valence electrons. The van der Waals surface area contributed by atoms with Gasteiger partial charge in [0.05, 0.1) is 15.5 Å². The van der Waals surface area contributed by atoms with Crippen LogP contribution in [0.25, 0.3) is 0 Å². The van der Waals surface area contributed by atoms with Crippen molar-refractivity contribution in [1.82, 2.24) is 4.31 Å². The van der Waals surface area contributed by atoms with E-state index in [1.54, 1.807) is 23.1 Å². The van der Waals surface area contributed by atoms with E-state index in [2.05, 4.69) is 0 Å². The Bertz CT molecular complexity index is 896. The first kappa shape index (κ1) is 17.3. The fraction of sp³-hybridized carbons (Fsp3) is 0.250. The van der Waals surface area contributed by atoms with Gasteiger partial charge in [-0.3, -0.25) is 10.1 Å². The van der Waals surface area contributed by atoms with Crippen molar-refractivity contribution in [2.45, 2.75) is 4.90 Å². The molecular formula is C16H16FN3O4S. The van der Waals surface area contributed by atoms with Crippen LogP contribution in [0.2, 0.25) is 0 Å². The number of rotatable bonds is 4. The van der Waals surface area contributed by atoms with Crippen molar-refractivity contribution in [3.05, 3.63) is 64.5 Å². The number of nitro benzene ring substituents is 1. The minimum atomic E-state index is -3.83. The first-order valence-corrected chi connectivity index (χ1v) is 9.08. The fourth-order valence-corrected chi connectivity index (χ4v) is 4.25. The van der Waals surface area contributed by atoms with Gasteiger partial charge in [-0.05, 0) is 18.2 Å². The van der Waals surface area contributed by atoms with E-state index in [4.69, 9.17) is 0 Å². The smallest absolute Gasteiger partial charge is 0.270 e. The Morgan fingerprint density at radius 2 is 1.68 bits per heavy atom. The minimum Gasteiger partial charge on any atom is -0.367 e. The summed E-state index contributed by atoms with van der Waals surface area (Å²) in [7, 11) is -3.83. The summed E-state index contributed by atoms with van der Waals surface area (Å²) in [6, 6.07) is 11.3. The molecule has 1 fully saturated rings. The van der Waals surface area contributed by atoms with Gasteiger partial charge in [0.1, 0.15) is 5.82 Å². The highest BCUT2D eigenvalue weighted by molar-refractivity contribution is 7.89. The normalized spacial score (nSPS) is 16.0. The van der Waals surface area contributed by atoms with E-state index < -0.39 is 14.9 Å². The molecule has 2 aromatic carbocycles. The Labute approximate surface area is 144 Å². The van der Waals surface area contributed by atoms with Crippen molar-refractivity contribution < 1.29 is 17.7 Å². The summed E-state index contributed by atoms with van der Waals surface area (Å²) in [5.41, 5.74) is 0.168. The number of sulfonamides is 1. The molecule has 7 nitrogen and oxygen atoms in total. The summed E-state index contributed by atoms with van der Waals surface area (Å²) in [6.07, 6.45) is 0. The van der Waals surface area contributed by atoms with Gasteiger partial charge >= 0.3 is 0 Å². The van der Waals surface area contributed by atoms with Crippen molar-refractivity contribution in [1.29, 1.82) is 0 Å². The van der Waals surface area contributed by atoms with E-state index in [-0.39, 0.29) is 29.5 Å². The second-order valence-corrected chi connectivity index (χ2v) is 7.53. The molecule has 3 rings (SSSR count).